The van der Waals surface area contributed by atoms with Gasteiger partial charge in [0.15, 0.2) is 29.4 Å². The fourth-order valence-corrected chi connectivity index (χ4v) is 8.72. The van der Waals surface area contributed by atoms with Gasteiger partial charge in [0.2, 0.25) is 0 Å². The van der Waals surface area contributed by atoms with Crippen molar-refractivity contribution in [2.24, 2.45) is 0 Å². The predicted octanol–water partition coefficient (Wildman–Crippen LogP) is 7.47. The van der Waals surface area contributed by atoms with Crippen molar-refractivity contribution >= 4 is 25.5 Å². The molecule has 296 valence electrons. The standard InChI is InChI=1S/C40H46F2N7O6P/c1-25(2)49(26(3)4)56(53-22-10-21-43)55-35-32(54-38(33(35)41)48-24-45-34-36(44)46-39(42)47-37(34)48)23-52-40(27-11-8-7-9-12-27,28-13-17-30(50-5)18-14-28)29-15-19-31(51-6)20-16-29/h7-9,11-20,24-26,32-33,35,38H,10,22-23H2,1-6H3,(H2,44,46,47)/t32-,33-,35-,38-,56?/m1/s1. The van der Waals surface area contributed by atoms with Crippen LogP contribution in [-0.2, 0) is 24.1 Å². The Morgan fingerprint density at radius 2 is 1.52 bits per heavy atom. The van der Waals surface area contributed by atoms with E-state index in [-0.39, 0.29) is 48.7 Å². The molecular weight excluding hydrogens is 743 g/mol. The number of hydrogen-bond donors (Lipinski definition) is 1. The molecule has 1 unspecified atom stereocenters. The molecule has 0 bridgehead atoms. The minimum absolute atomic E-state index is 0.0448. The summed E-state index contributed by atoms with van der Waals surface area (Å²) in [7, 11) is 1.26. The maximum Gasteiger partial charge on any atom is 0.312 e. The van der Waals surface area contributed by atoms with E-state index in [1.54, 1.807) is 14.2 Å². The van der Waals surface area contributed by atoms with Gasteiger partial charge in [-0.3, -0.25) is 4.57 Å². The van der Waals surface area contributed by atoms with Crippen molar-refractivity contribution in [3.8, 4) is 17.6 Å². The summed E-state index contributed by atoms with van der Waals surface area (Å²) in [5, 5.41) is 9.31. The summed E-state index contributed by atoms with van der Waals surface area (Å²) in [6, 6.07) is 26.7. The number of halogens is 2. The molecule has 16 heteroatoms. The minimum atomic E-state index is -1.93. The van der Waals surface area contributed by atoms with E-state index >= 15 is 4.39 Å². The van der Waals surface area contributed by atoms with E-state index in [0.29, 0.717) is 11.5 Å². The predicted molar refractivity (Wildman–Crippen MR) is 207 cm³/mol. The van der Waals surface area contributed by atoms with Crippen molar-refractivity contribution < 1.29 is 36.8 Å². The highest BCUT2D eigenvalue weighted by molar-refractivity contribution is 7.44. The molecule has 1 saturated heterocycles. The van der Waals surface area contributed by atoms with Crippen LogP contribution >= 0.6 is 8.53 Å². The Kier molecular flexibility index (Phi) is 13.1. The molecule has 3 aromatic carbocycles. The smallest absolute Gasteiger partial charge is 0.312 e. The van der Waals surface area contributed by atoms with Crippen molar-refractivity contribution in [2.75, 3.05) is 33.2 Å². The zero-order chi connectivity index (χ0) is 40.0. The lowest BCUT2D eigenvalue weighted by Gasteiger charge is -2.39. The first-order valence-corrected chi connectivity index (χ1v) is 19.3. The lowest BCUT2D eigenvalue weighted by Crippen LogP contribution is -2.41. The van der Waals surface area contributed by atoms with Crippen LogP contribution in [-0.4, -0.2) is 82.1 Å². The fourth-order valence-electron chi connectivity index (χ4n) is 6.95. The summed E-state index contributed by atoms with van der Waals surface area (Å²) in [6.45, 7) is 7.83. The Labute approximate surface area is 326 Å². The Morgan fingerprint density at radius 3 is 2.07 bits per heavy atom. The average molecular weight is 790 g/mol. The van der Waals surface area contributed by atoms with E-state index in [1.807, 2.05) is 111 Å². The maximum atomic E-state index is 17.3. The van der Waals surface area contributed by atoms with Crippen molar-refractivity contribution in [1.82, 2.24) is 24.2 Å². The first kappa shape index (κ1) is 40.8. The number of nitriles is 1. The van der Waals surface area contributed by atoms with Gasteiger partial charge in [0.25, 0.3) is 8.53 Å². The second-order valence-corrected chi connectivity index (χ2v) is 15.0. The molecule has 2 N–H and O–H groups in total. The fraction of sp³-hybridized carbons (Fsp3) is 0.400. The molecule has 2 aromatic heterocycles. The van der Waals surface area contributed by atoms with Gasteiger partial charge in [-0.2, -0.15) is 19.6 Å². The molecule has 3 heterocycles. The van der Waals surface area contributed by atoms with Crippen LogP contribution in [0.3, 0.4) is 0 Å². The number of aromatic nitrogens is 4. The Bertz CT molecular complexity index is 2030. The number of methoxy groups -OCH3 is 2. The Hall–Kier alpha value is -4.81. The number of rotatable bonds is 17. The molecule has 1 aliphatic rings. The summed E-state index contributed by atoms with van der Waals surface area (Å²) in [4.78, 5) is 11.7. The maximum absolute atomic E-state index is 17.3. The number of benzene rings is 3. The van der Waals surface area contributed by atoms with Crippen molar-refractivity contribution in [3.05, 3.63) is 108 Å². The number of fused-ring (bicyclic) bond motifs is 1. The number of imidazole rings is 1. The molecule has 5 aromatic rings. The zero-order valence-corrected chi connectivity index (χ0v) is 33.0. The number of nitrogens with two attached hydrogens (primary N) is 1. The normalized spacial score (nSPS) is 19.2. The van der Waals surface area contributed by atoms with Crippen LogP contribution in [0.25, 0.3) is 11.2 Å². The molecule has 0 aliphatic carbocycles. The van der Waals surface area contributed by atoms with Gasteiger partial charge in [0.1, 0.15) is 29.3 Å². The quantitative estimate of drug-likeness (QED) is 0.0431. The lowest BCUT2D eigenvalue weighted by molar-refractivity contribution is -0.0919. The van der Waals surface area contributed by atoms with E-state index < -0.39 is 44.8 Å². The summed E-state index contributed by atoms with van der Waals surface area (Å²) < 4.78 is 72.7. The van der Waals surface area contributed by atoms with E-state index in [0.717, 1.165) is 16.7 Å². The summed E-state index contributed by atoms with van der Waals surface area (Å²) in [5.41, 5.74) is 7.05. The van der Waals surface area contributed by atoms with Gasteiger partial charge in [-0.15, -0.1) is 0 Å². The molecule has 1 fully saturated rings. The summed E-state index contributed by atoms with van der Waals surface area (Å²) >= 11 is 0. The van der Waals surface area contributed by atoms with Crippen LogP contribution in [0.1, 0.15) is 57.0 Å². The molecule has 0 amide bonds. The van der Waals surface area contributed by atoms with Crippen LogP contribution in [0, 0.1) is 17.4 Å². The van der Waals surface area contributed by atoms with Crippen molar-refractivity contribution in [1.29, 1.82) is 5.26 Å². The molecular formula is C40H46F2N7O6P. The van der Waals surface area contributed by atoms with Crippen LogP contribution < -0.4 is 15.2 Å². The third kappa shape index (κ3) is 8.32. The van der Waals surface area contributed by atoms with Crippen molar-refractivity contribution in [2.45, 2.75) is 76.4 Å². The van der Waals surface area contributed by atoms with Gasteiger partial charge in [0, 0.05) is 12.1 Å². The molecule has 56 heavy (non-hydrogen) atoms. The van der Waals surface area contributed by atoms with Crippen LogP contribution in [0.4, 0.5) is 14.6 Å². The van der Waals surface area contributed by atoms with E-state index in [1.165, 1.54) is 10.9 Å². The average Bonchev–Trinajstić information content (AvgIpc) is 3.75. The molecule has 0 saturated carbocycles. The van der Waals surface area contributed by atoms with Crippen LogP contribution in [0.2, 0.25) is 0 Å². The zero-order valence-electron chi connectivity index (χ0n) is 32.1. The van der Waals surface area contributed by atoms with Gasteiger partial charge in [-0.25, -0.2) is 14.0 Å². The third-order valence-electron chi connectivity index (χ3n) is 9.47. The number of nitrogens with zero attached hydrogens (tertiary/aromatic N) is 6. The molecule has 13 nitrogen and oxygen atoms in total. The Morgan fingerprint density at radius 1 is 0.929 bits per heavy atom. The highest BCUT2D eigenvalue weighted by atomic mass is 31.2. The largest absolute Gasteiger partial charge is 0.497 e. The monoisotopic (exact) mass is 789 g/mol. The lowest BCUT2D eigenvalue weighted by atomic mass is 9.80. The van der Waals surface area contributed by atoms with Crippen LogP contribution in [0.5, 0.6) is 11.5 Å². The van der Waals surface area contributed by atoms with Gasteiger partial charge >= 0.3 is 6.08 Å². The SMILES string of the molecule is COc1ccc(C(OC[C@H]2O[C@@H](n3cnc4c(N)nc(F)nc43)[C@H](F)[C@@H]2OP(OCCC#N)N(C(C)C)C(C)C)(c2ccccc2)c2ccc(OC)cc2)cc1. The van der Waals surface area contributed by atoms with Gasteiger partial charge in [0.05, 0.1) is 46.3 Å². The Balaban J connectivity index is 1.47. The number of anilines is 1. The summed E-state index contributed by atoms with van der Waals surface area (Å²) in [6.07, 6.45) is -5.29. The van der Waals surface area contributed by atoms with E-state index in [4.69, 9.17) is 33.7 Å². The molecule has 0 radical (unpaired) electrons. The second-order valence-electron chi connectivity index (χ2n) is 13.6. The molecule has 1 aliphatic heterocycles. The van der Waals surface area contributed by atoms with Gasteiger partial charge in [-0.05, 0) is 68.7 Å². The third-order valence-corrected chi connectivity index (χ3v) is 11.6. The van der Waals surface area contributed by atoms with Gasteiger partial charge in [-0.1, -0.05) is 54.6 Å². The topological polar surface area (TPSA) is 152 Å². The first-order chi connectivity index (χ1) is 27.0. The summed E-state index contributed by atoms with van der Waals surface area (Å²) in [5.74, 6) is 1.11. The van der Waals surface area contributed by atoms with E-state index in [2.05, 4.69) is 21.0 Å². The number of nitrogen functional groups attached to an aromatic ring is 1. The number of hydrogen-bond acceptors (Lipinski definition) is 12. The van der Waals surface area contributed by atoms with Crippen LogP contribution in [0.15, 0.2) is 85.2 Å². The number of alkyl halides is 1. The number of ether oxygens (including phenoxy) is 4. The minimum Gasteiger partial charge on any atom is -0.497 e. The van der Waals surface area contributed by atoms with Crippen molar-refractivity contribution in [3.63, 3.8) is 0 Å². The molecule has 6 rings (SSSR count). The van der Waals surface area contributed by atoms with Gasteiger partial charge < -0.3 is 33.7 Å². The highest BCUT2D eigenvalue weighted by Crippen LogP contribution is 2.51. The second kappa shape index (κ2) is 18.0. The van der Waals surface area contributed by atoms with E-state index in [9.17, 15) is 9.65 Å². The molecule has 0 spiro atoms. The first-order valence-electron chi connectivity index (χ1n) is 18.2. The highest BCUT2D eigenvalue weighted by Gasteiger charge is 2.51. The molecule has 5 atom stereocenters.